The predicted octanol–water partition coefficient (Wildman–Crippen LogP) is 2.97. The van der Waals surface area contributed by atoms with Gasteiger partial charge in [-0.15, -0.1) is 0 Å². The van der Waals surface area contributed by atoms with Gasteiger partial charge < -0.3 is 9.47 Å². The Kier molecular flexibility index (Phi) is 4.51. The maximum Gasteiger partial charge on any atom is 0.125 e. The van der Waals surface area contributed by atoms with Gasteiger partial charge in [0.15, 0.2) is 0 Å². The van der Waals surface area contributed by atoms with Crippen LogP contribution < -0.4 is 14.8 Å². The van der Waals surface area contributed by atoms with Crippen molar-refractivity contribution in [3.8, 4) is 17.6 Å². The Morgan fingerprint density at radius 3 is 2.85 bits per heavy atom. The summed E-state index contributed by atoms with van der Waals surface area (Å²) in [7, 11) is 0. The number of ether oxygens (including phenoxy) is 2. The summed E-state index contributed by atoms with van der Waals surface area (Å²) in [4.78, 5) is 0. The maximum absolute atomic E-state index is 9.41. The zero-order valence-corrected chi connectivity index (χ0v) is 12.6. The monoisotopic (exact) mass is 274 g/mol. The lowest BCUT2D eigenvalue weighted by molar-refractivity contribution is 0.254. The van der Waals surface area contributed by atoms with Crippen molar-refractivity contribution in [1.82, 2.24) is 5.32 Å². The standard InChI is InChI=1S/C16H22N2O2/c1-5-19-16-7-12-6-11(4)20-15(12)8-13(16)14(9-17)18-10(2)3/h7-8,10-11,14,18H,5-6H2,1-4H3. The van der Waals surface area contributed by atoms with Crippen LogP contribution in [0.5, 0.6) is 11.5 Å². The number of fused-ring (bicyclic) bond motifs is 1. The van der Waals surface area contributed by atoms with Crippen LogP contribution in [0.25, 0.3) is 0 Å². The summed E-state index contributed by atoms with van der Waals surface area (Å²) in [5, 5.41) is 12.7. The van der Waals surface area contributed by atoms with Crippen LogP contribution in [0, 0.1) is 11.3 Å². The fourth-order valence-corrected chi connectivity index (χ4v) is 2.49. The number of rotatable bonds is 5. The number of hydrogen-bond donors (Lipinski definition) is 1. The first-order chi connectivity index (χ1) is 9.55. The molecular weight excluding hydrogens is 252 g/mol. The Bertz CT molecular complexity index is 520. The van der Waals surface area contributed by atoms with Crippen LogP contribution in [0.3, 0.4) is 0 Å². The minimum Gasteiger partial charge on any atom is -0.493 e. The van der Waals surface area contributed by atoms with Gasteiger partial charge in [0, 0.05) is 23.6 Å². The van der Waals surface area contributed by atoms with Crippen molar-refractivity contribution >= 4 is 0 Å². The number of benzene rings is 1. The molecule has 1 aromatic rings. The lowest BCUT2D eigenvalue weighted by Crippen LogP contribution is -2.27. The smallest absolute Gasteiger partial charge is 0.125 e. The topological polar surface area (TPSA) is 54.3 Å². The summed E-state index contributed by atoms with van der Waals surface area (Å²) >= 11 is 0. The van der Waals surface area contributed by atoms with E-state index in [-0.39, 0.29) is 18.2 Å². The summed E-state index contributed by atoms with van der Waals surface area (Å²) < 4.78 is 11.5. The molecule has 108 valence electrons. The van der Waals surface area contributed by atoms with Crippen molar-refractivity contribution in [3.05, 3.63) is 23.3 Å². The molecule has 0 saturated heterocycles. The molecule has 4 nitrogen and oxygen atoms in total. The summed E-state index contributed by atoms with van der Waals surface area (Å²) in [6.07, 6.45) is 1.08. The van der Waals surface area contributed by atoms with Gasteiger partial charge in [0.2, 0.25) is 0 Å². The molecule has 0 aliphatic carbocycles. The molecule has 1 aliphatic heterocycles. The van der Waals surface area contributed by atoms with E-state index in [0.29, 0.717) is 6.61 Å². The van der Waals surface area contributed by atoms with E-state index in [1.54, 1.807) is 0 Å². The van der Waals surface area contributed by atoms with E-state index in [2.05, 4.69) is 11.4 Å². The van der Waals surface area contributed by atoms with E-state index in [1.165, 1.54) is 0 Å². The number of hydrogen-bond acceptors (Lipinski definition) is 4. The van der Waals surface area contributed by atoms with Crippen molar-refractivity contribution in [2.45, 2.75) is 52.3 Å². The third kappa shape index (κ3) is 3.05. The lowest BCUT2D eigenvalue weighted by atomic mass is 10.0. The summed E-state index contributed by atoms with van der Waals surface area (Å²) in [6.45, 7) is 8.64. The molecule has 2 atom stereocenters. The molecule has 2 unspecified atom stereocenters. The number of nitriles is 1. The second-order valence-corrected chi connectivity index (χ2v) is 5.45. The third-order valence-corrected chi connectivity index (χ3v) is 3.27. The minimum atomic E-state index is -0.388. The highest BCUT2D eigenvalue weighted by atomic mass is 16.5. The molecule has 0 fully saturated rings. The first kappa shape index (κ1) is 14.7. The van der Waals surface area contributed by atoms with Crippen molar-refractivity contribution in [2.24, 2.45) is 0 Å². The predicted molar refractivity (Wildman–Crippen MR) is 78.0 cm³/mol. The molecule has 1 aromatic carbocycles. The molecule has 0 spiro atoms. The van der Waals surface area contributed by atoms with Crippen LogP contribution in [0.4, 0.5) is 0 Å². The molecule has 0 aromatic heterocycles. The largest absolute Gasteiger partial charge is 0.493 e. The van der Waals surface area contributed by atoms with Gasteiger partial charge in [-0.25, -0.2) is 0 Å². The van der Waals surface area contributed by atoms with Crippen molar-refractivity contribution in [3.63, 3.8) is 0 Å². The highest BCUT2D eigenvalue weighted by Crippen LogP contribution is 2.37. The van der Waals surface area contributed by atoms with E-state index in [0.717, 1.165) is 29.0 Å². The maximum atomic E-state index is 9.41. The van der Waals surface area contributed by atoms with E-state index in [4.69, 9.17) is 9.47 Å². The van der Waals surface area contributed by atoms with Gasteiger partial charge in [0.05, 0.1) is 12.7 Å². The molecule has 1 aliphatic rings. The first-order valence-corrected chi connectivity index (χ1v) is 7.17. The van der Waals surface area contributed by atoms with Crippen LogP contribution in [-0.4, -0.2) is 18.8 Å². The first-order valence-electron chi connectivity index (χ1n) is 7.17. The lowest BCUT2D eigenvalue weighted by Gasteiger charge is -2.19. The zero-order chi connectivity index (χ0) is 14.7. The molecule has 0 bridgehead atoms. The molecule has 2 rings (SSSR count). The third-order valence-electron chi connectivity index (χ3n) is 3.27. The minimum absolute atomic E-state index is 0.188. The molecule has 1 N–H and O–H groups in total. The summed E-state index contributed by atoms with van der Waals surface area (Å²) in [6, 6.07) is 6.11. The van der Waals surface area contributed by atoms with Gasteiger partial charge in [-0.3, -0.25) is 5.32 Å². The van der Waals surface area contributed by atoms with Gasteiger partial charge in [-0.05, 0) is 39.8 Å². The van der Waals surface area contributed by atoms with Crippen molar-refractivity contribution in [2.75, 3.05) is 6.61 Å². The Morgan fingerprint density at radius 2 is 2.25 bits per heavy atom. The average Bonchev–Trinajstić information content (AvgIpc) is 2.74. The molecule has 20 heavy (non-hydrogen) atoms. The van der Waals surface area contributed by atoms with Gasteiger partial charge >= 0.3 is 0 Å². The zero-order valence-electron chi connectivity index (χ0n) is 12.6. The quantitative estimate of drug-likeness (QED) is 0.897. The highest BCUT2D eigenvalue weighted by Gasteiger charge is 2.25. The molecule has 0 saturated carbocycles. The van der Waals surface area contributed by atoms with Crippen LogP contribution in [0.1, 0.15) is 44.9 Å². The van der Waals surface area contributed by atoms with Gasteiger partial charge in [0.1, 0.15) is 23.6 Å². The Labute approximate surface area is 120 Å². The van der Waals surface area contributed by atoms with Crippen molar-refractivity contribution < 1.29 is 9.47 Å². The Hall–Kier alpha value is -1.73. The second-order valence-electron chi connectivity index (χ2n) is 5.45. The van der Waals surface area contributed by atoms with Gasteiger partial charge in [-0.2, -0.15) is 5.26 Å². The molecule has 1 heterocycles. The Balaban J connectivity index is 2.40. The molecule has 0 amide bonds. The Morgan fingerprint density at radius 1 is 1.50 bits per heavy atom. The average molecular weight is 274 g/mol. The fraction of sp³-hybridized carbons (Fsp3) is 0.562. The van der Waals surface area contributed by atoms with Crippen molar-refractivity contribution in [1.29, 1.82) is 5.26 Å². The normalized spacial score (nSPS) is 18.3. The van der Waals surface area contributed by atoms with Crippen LogP contribution in [0.2, 0.25) is 0 Å². The second kappa shape index (κ2) is 6.15. The van der Waals surface area contributed by atoms with Gasteiger partial charge in [0.25, 0.3) is 0 Å². The van der Waals surface area contributed by atoms with Crippen LogP contribution in [-0.2, 0) is 6.42 Å². The summed E-state index contributed by atoms with van der Waals surface area (Å²) in [5.41, 5.74) is 2.02. The van der Waals surface area contributed by atoms with E-state index < -0.39 is 0 Å². The highest BCUT2D eigenvalue weighted by molar-refractivity contribution is 5.51. The van der Waals surface area contributed by atoms with E-state index >= 15 is 0 Å². The molecular formula is C16H22N2O2. The SMILES string of the molecule is CCOc1cc2c(cc1C(C#N)NC(C)C)OC(C)C2. The van der Waals surface area contributed by atoms with Gasteiger partial charge in [-0.1, -0.05) is 0 Å². The summed E-state index contributed by atoms with van der Waals surface area (Å²) in [5.74, 6) is 1.66. The number of nitrogens with zero attached hydrogens (tertiary/aromatic N) is 1. The number of nitrogens with one attached hydrogen (secondary N) is 1. The fourth-order valence-electron chi connectivity index (χ4n) is 2.49. The molecule has 4 heteroatoms. The van der Waals surface area contributed by atoms with E-state index in [9.17, 15) is 5.26 Å². The van der Waals surface area contributed by atoms with E-state index in [1.807, 2.05) is 39.8 Å². The molecule has 0 radical (unpaired) electrons. The van der Waals surface area contributed by atoms with Crippen LogP contribution >= 0.6 is 0 Å². The van der Waals surface area contributed by atoms with Crippen LogP contribution in [0.15, 0.2) is 12.1 Å².